The Kier molecular flexibility index (Phi) is 4.57. The van der Waals surface area contributed by atoms with Crippen molar-refractivity contribution in [1.29, 1.82) is 0 Å². The maximum absolute atomic E-state index is 11.6. The summed E-state index contributed by atoms with van der Waals surface area (Å²) < 4.78 is 27.8. The van der Waals surface area contributed by atoms with Crippen molar-refractivity contribution in [2.45, 2.75) is 24.8 Å². The molecule has 0 atom stereocenters. The van der Waals surface area contributed by atoms with Crippen molar-refractivity contribution < 1.29 is 17.9 Å². The van der Waals surface area contributed by atoms with Gasteiger partial charge in [0.05, 0.1) is 16.6 Å². The predicted octanol–water partition coefficient (Wildman–Crippen LogP) is 2.94. The number of esters is 1. The van der Waals surface area contributed by atoms with Crippen molar-refractivity contribution in [1.82, 2.24) is 0 Å². The molecule has 0 aliphatic heterocycles. The molecule has 1 aromatic rings. The van der Waals surface area contributed by atoms with E-state index < -0.39 is 15.0 Å². The molecule has 0 saturated carbocycles. The molecule has 0 spiro atoms. The molecule has 0 bridgehead atoms. The molecule has 0 unspecified atom stereocenters. The van der Waals surface area contributed by atoms with Crippen LogP contribution in [-0.4, -0.2) is 20.5 Å². The fraction of sp³-hybridized carbons (Fsp3) is 0.300. The van der Waals surface area contributed by atoms with Crippen molar-refractivity contribution in [3.63, 3.8) is 0 Å². The Morgan fingerprint density at radius 3 is 2.41 bits per heavy atom. The molecule has 0 heterocycles. The summed E-state index contributed by atoms with van der Waals surface area (Å²) in [4.78, 5) is 11.5. The molecule has 0 N–H and O–H groups in total. The van der Waals surface area contributed by atoms with Crippen LogP contribution in [0.1, 0.15) is 24.2 Å². The van der Waals surface area contributed by atoms with Crippen molar-refractivity contribution in [3.05, 3.63) is 28.2 Å². The first-order valence-electron chi connectivity index (χ1n) is 4.66. The van der Waals surface area contributed by atoms with Crippen molar-refractivity contribution >= 4 is 41.6 Å². The van der Waals surface area contributed by atoms with Crippen LogP contribution >= 0.6 is 26.6 Å². The van der Waals surface area contributed by atoms with Crippen molar-refractivity contribution in [3.8, 4) is 0 Å². The first kappa shape index (κ1) is 14.5. The van der Waals surface area contributed by atoms with E-state index in [9.17, 15) is 13.2 Å². The molecule has 0 saturated heterocycles. The minimum Gasteiger partial charge on any atom is -0.459 e. The van der Waals surface area contributed by atoms with Crippen molar-refractivity contribution in [2.24, 2.45) is 0 Å². The number of hydrogen-bond donors (Lipinski definition) is 0. The lowest BCUT2D eigenvalue weighted by Gasteiger charge is -2.08. The first-order valence-corrected chi connectivity index (χ1v) is 7.76. The largest absolute Gasteiger partial charge is 0.459 e. The number of hydrogen-bond acceptors (Lipinski definition) is 4. The quantitative estimate of drug-likeness (QED) is 0.626. The summed E-state index contributed by atoms with van der Waals surface area (Å²) in [5, 5.41) is 0. The Hall–Kier alpha value is -0.590. The lowest BCUT2D eigenvalue weighted by molar-refractivity contribution is 0.0377. The molecule has 4 nitrogen and oxygen atoms in total. The molecule has 1 rings (SSSR count). The molecule has 7 heteroatoms. The van der Waals surface area contributed by atoms with Gasteiger partial charge in [-0.15, -0.1) is 0 Å². The normalized spacial score (nSPS) is 11.6. The van der Waals surface area contributed by atoms with Gasteiger partial charge in [-0.2, -0.15) is 0 Å². The zero-order chi connectivity index (χ0) is 13.2. The summed E-state index contributed by atoms with van der Waals surface area (Å²) >= 11 is 3.11. The SMILES string of the molecule is CC(C)OC(=O)c1cc(Br)cc(S(=O)(=O)Cl)c1. The Bertz CT molecular complexity index is 539. The number of carbonyl (C=O) groups is 1. The summed E-state index contributed by atoms with van der Waals surface area (Å²) in [5.74, 6) is -0.595. The van der Waals surface area contributed by atoms with Crippen LogP contribution in [0.4, 0.5) is 0 Å². The second-order valence-electron chi connectivity index (χ2n) is 3.57. The third kappa shape index (κ3) is 4.29. The highest BCUT2D eigenvalue weighted by molar-refractivity contribution is 9.10. The molecule has 0 aromatic heterocycles. The molecule has 17 heavy (non-hydrogen) atoms. The average Bonchev–Trinajstić information content (AvgIpc) is 2.14. The van der Waals surface area contributed by atoms with E-state index in [-0.39, 0.29) is 16.6 Å². The fourth-order valence-electron chi connectivity index (χ4n) is 1.10. The molecular weight excluding hydrogens is 332 g/mol. The lowest BCUT2D eigenvalue weighted by Crippen LogP contribution is -2.12. The molecule has 0 aliphatic rings. The molecular formula is C10H10BrClO4S. The van der Waals surface area contributed by atoms with E-state index in [0.717, 1.165) is 0 Å². The number of ether oxygens (including phenoxy) is 1. The maximum Gasteiger partial charge on any atom is 0.338 e. The summed E-state index contributed by atoms with van der Waals surface area (Å²) in [6.07, 6.45) is -0.280. The van der Waals surface area contributed by atoms with Crippen LogP contribution in [0.5, 0.6) is 0 Å². The fourth-order valence-corrected chi connectivity index (χ4v) is 2.55. The van der Waals surface area contributed by atoms with Gasteiger partial charge in [0.25, 0.3) is 9.05 Å². The molecule has 94 valence electrons. The third-order valence-electron chi connectivity index (χ3n) is 1.73. The van der Waals surface area contributed by atoms with Gasteiger partial charge in [-0.3, -0.25) is 0 Å². The Morgan fingerprint density at radius 1 is 1.35 bits per heavy atom. The molecule has 0 aliphatic carbocycles. The van der Waals surface area contributed by atoms with Crippen LogP contribution in [0.2, 0.25) is 0 Å². The smallest absolute Gasteiger partial charge is 0.338 e. The maximum atomic E-state index is 11.6. The molecule has 1 aromatic carbocycles. The van der Waals surface area contributed by atoms with Crippen LogP contribution in [-0.2, 0) is 13.8 Å². The summed E-state index contributed by atoms with van der Waals surface area (Å²) in [6.45, 7) is 3.41. The van der Waals surface area contributed by atoms with Gasteiger partial charge in [0, 0.05) is 15.2 Å². The van der Waals surface area contributed by atoms with Gasteiger partial charge >= 0.3 is 5.97 Å². The monoisotopic (exact) mass is 340 g/mol. The van der Waals surface area contributed by atoms with E-state index in [1.54, 1.807) is 13.8 Å². The van der Waals surface area contributed by atoms with E-state index in [1.165, 1.54) is 18.2 Å². The molecule has 0 radical (unpaired) electrons. The van der Waals surface area contributed by atoms with Gasteiger partial charge in [0.2, 0.25) is 0 Å². The summed E-state index contributed by atoms with van der Waals surface area (Å²) in [6, 6.07) is 3.96. The Balaban J connectivity index is 3.19. The second kappa shape index (κ2) is 5.37. The summed E-state index contributed by atoms with van der Waals surface area (Å²) in [7, 11) is 1.34. The highest BCUT2D eigenvalue weighted by Gasteiger charge is 2.16. The topological polar surface area (TPSA) is 60.4 Å². The lowest BCUT2D eigenvalue weighted by atomic mass is 10.2. The molecule has 0 fully saturated rings. The van der Waals surface area contributed by atoms with E-state index in [1.807, 2.05) is 0 Å². The number of rotatable bonds is 3. The van der Waals surface area contributed by atoms with Crippen LogP contribution < -0.4 is 0 Å². The van der Waals surface area contributed by atoms with Gasteiger partial charge in [-0.1, -0.05) is 15.9 Å². The highest BCUT2D eigenvalue weighted by Crippen LogP contribution is 2.23. The van der Waals surface area contributed by atoms with E-state index >= 15 is 0 Å². The zero-order valence-corrected chi connectivity index (χ0v) is 12.3. The van der Waals surface area contributed by atoms with Gasteiger partial charge < -0.3 is 4.74 Å². The van der Waals surface area contributed by atoms with Crippen LogP contribution in [0.15, 0.2) is 27.6 Å². The first-order chi connectivity index (χ1) is 7.70. The number of carbonyl (C=O) groups excluding carboxylic acids is 1. The van der Waals surface area contributed by atoms with Crippen LogP contribution in [0.3, 0.4) is 0 Å². The number of benzene rings is 1. The third-order valence-corrected chi connectivity index (χ3v) is 3.52. The predicted molar refractivity (Wildman–Crippen MR) is 67.7 cm³/mol. The minimum absolute atomic E-state index is 0.132. The molecule has 0 amide bonds. The average molecular weight is 342 g/mol. The van der Waals surface area contributed by atoms with Crippen LogP contribution in [0.25, 0.3) is 0 Å². The van der Waals surface area contributed by atoms with Gasteiger partial charge in [-0.05, 0) is 32.0 Å². The number of halogens is 2. The van der Waals surface area contributed by atoms with Gasteiger partial charge in [-0.25, -0.2) is 13.2 Å². The van der Waals surface area contributed by atoms with Gasteiger partial charge in [0.15, 0.2) is 0 Å². The van der Waals surface area contributed by atoms with Crippen LogP contribution in [0, 0.1) is 0 Å². The Morgan fingerprint density at radius 2 is 1.94 bits per heavy atom. The Labute approximate surface area is 112 Å². The second-order valence-corrected chi connectivity index (χ2v) is 7.05. The van der Waals surface area contributed by atoms with E-state index in [0.29, 0.717) is 4.47 Å². The zero-order valence-electron chi connectivity index (χ0n) is 9.11. The highest BCUT2D eigenvalue weighted by atomic mass is 79.9. The van der Waals surface area contributed by atoms with E-state index in [4.69, 9.17) is 15.4 Å². The summed E-state index contributed by atoms with van der Waals surface area (Å²) in [5.41, 5.74) is 0.132. The van der Waals surface area contributed by atoms with E-state index in [2.05, 4.69) is 15.9 Å². The minimum atomic E-state index is -3.88. The van der Waals surface area contributed by atoms with Crippen molar-refractivity contribution in [2.75, 3.05) is 0 Å². The van der Waals surface area contributed by atoms with Gasteiger partial charge in [0.1, 0.15) is 0 Å². The standard InChI is InChI=1S/C10H10BrClO4S/c1-6(2)16-10(13)7-3-8(11)5-9(4-7)17(12,14)15/h3-6H,1-2H3.